The Morgan fingerprint density at radius 2 is 2.30 bits per heavy atom. The van der Waals surface area contributed by atoms with E-state index in [9.17, 15) is 0 Å². The van der Waals surface area contributed by atoms with Gasteiger partial charge in [-0.1, -0.05) is 23.7 Å². The highest BCUT2D eigenvalue weighted by Crippen LogP contribution is 2.36. The van der Waals surface area contributed by atoms with E-state index in [1.807, 2.05) is 22.9 Å². The molecule has 2 unspecified atom stereocenters. The van der Waals surface area contributed by atoms with Crippen molar-refractivity contribution in [3.8, 4) is 6.07 Å². The van der Waals surface area contributed by atoms with Gasteiger partial charge in [0.15, 0.2) is 0 Å². The summed E-state index contributed by atoms with van der Waals surface area (Å²) in [6, 6.07) is 9.56. The lowest BCUT2D eigenvalue weighted by atomic mass is 9.95. The van der Waals surface area contributed by atoms with Crippen molar-refractivity contribution in [3.63, 3.8) is 0 Å². The normalized spacial score (nSPS) is 21.6. The van der Waals surface area contributed by atoms with Crippen LogP contribution < -0.4 is 0 Å². The first kappa shape index (κ1) is 12.8. The van der Waals surface area contributed by atoms with E-state index < -0.39 is 0 Å². The second kappa shape index (κ2) is 5.43. The molecule has 5 nitrogen and oxygen atoms in total. The highest BCUT2D eigenvalue weighted by atomic mass is 35.5. The molecule has 0 N–H and O–H groups in total. The highest BCUT2D eigenvalue weighted by molar-refractivity contribution is 6.30. The van der Waals surface area contributed by atoms with Gasteiger partial charge in [0.2, 0.25) is 0 Å². The first-order valence-electron chi connectivity index (χ1n) is 6.34. The maximum atomic E-state index is 9.01. The third-order valence-electron chi connectivity index (χ3n) is 3.36. The summed E-state index contributed by atoms with van der Waals surface area (Å²) in [6.07, 6.45) is 4.27. The average molecular weight is 286 g/mol. The van der Waals surface area contributed by atoms with E-state index in [2.05, 4.69) is 21.4 Å². The molecular formula is C14H12ClN5. The van der Waals surface area contributed by atoms with Crippen molar-refractivity contribution in [2.45, 2.75) is 18.5 Å². The second-order valence-electron chi connectivity index (χ2n) is 4.66. The lowest BCUT2D eigenvalue weighted by molar-refractivity contribution is 0.328. The molecule has 0 fully saturated rings. The number of aromatic nitrogens is 2. The Morgan fingerprint density at radius 3 is 3.05 bits per heavy atom. The number of hydrogen-bond donors (Lipinski definition) is 0. The van der Waals surface area contributed by atoms with Crippen molar-refractivity contribution in [2.24, 2.45) is 10.2 Å². The van der Waals surface area contributed by atoms with E-state index in [0.717, 1.165) is 12.0 Å². The summed E-state index contributed by atoms with van der Waals surface area (Å²) in [7, 11) is 0. The van der Waals surface area contributed by atoms with Crippen LogP contribution >= 0.6 is 11.6 Å². The Morgan fingerprint density at radius 1 is 1.40 bits per heavy atom. The zero-order valence-corrected chi connectivity index (χ0v) is 11.4. The first-order valence-corrected chi connectivity index (χ1v) is 6.72. The molecule has 1 aliphatic rings. The van der Waals surface area contributed by atoms with Gasteiger partial charge in [-0.25, -0.2) is 0 Å². The van der Waals surface area contributed by atoms with Gasteiger partial charge in [0.05, 0.1) is 35.4 Å². The highest BCUT2D eigenvalue weighted by Gasteiger charge is 2.28. The van der Waals surface area contributed by atoms with Crippen molar-refractivity contribution in [3.05, 3.63) is 52.8 Å². The molecule has 0 aliphatic carbocycles. The van der Waals surface area contributed by atoms with Gasteiger partial charge >= 0.3 is 0 Å². The van der Waals surface area contributed by atoms with E-state index in [1.54, 1.807) is 18.5 Å². The fourth-order valence-electron chi connectivity index (χ4n) is 2.42. The maximum Gasteiger partial charge on any atom is 0.118 e. The summed E-state index contributed by atoms with van der Waals surface area (Å²) in [5.41, 5.74) is 1.60. The Balaban J connectivity index is 1.98. The van der Waals surface area contributed by atoms with Gasteiger partial charge < -0.3 is 0 Å². The minimum atomic E-state index is -0.131. The molecule has 0 amide bonds. The lowest BCUT2D eigenvalue weighted by Gasteiger charge is -2.26. The van der Waals surface area contributed by atoms with Crippen LogP contribution in [0, 0.1) is 11.3 Å². The van der Waals surface area contributed by atoms with Crippen LogP contribution in [-0.2, 0) is 0 Å². The molecule has 2 atom stereocenters. The topological polar surface area (TPSA) is 66.3 Å². The molecule has 1 aromatic heterocycles. The predicted molar refractivity (Wildman–Crippen MR) is 74.5 cm³/mol. The van der Waals surface area contributed by atoms with Crippen LogP contribution in [0.15, 0.2) is 46.9 Å². The summed E-state index contributed by atoms with van der Waals surface area (Å²) < 4.78 is 1.84. The molecule has 100 valence electrons. The van der Waals surface area contributed by atoms with E-state index in [-0.39, 0.29) is 12.1 Å². The lowest BCUT2D eigenvalue weighted by Crippen LogP contribution is -2.21. The molecule has 2 heterocycles. The van der Waals surface area contributed by atoms with E-state index in [1.165, 1.54) is 0 Å². The molecule has 2 aromatic rings. The predicted octanol–water partition coefficient (Wildman–Crippen LogP) is 3.55. The summed E-state index contributed by atoms with van der Waals surface area (Å²) in [4.78, 5) is 0. The minimum Gasteiger partial charge on any atom is -0.265 e. The van der Waals surface area contributed by atoms with E-state index in [4.69, 9.17) is 16.9 Å². The maximum absolute atomic E-state index is 9.01. The van der Waals surface area contributed by atoms with Gasteiger partial charge in [-0.05, 0) is 24.1 Å². The molecular weight excluding hydrogens is 274 g/mol. The minimum absolute atomic E-state index is 0.0777. The zero-order valence-electron chi connectivity index (χ0n) is 10.6. The molecule has 1 aromatic carbocycles. The number of rotatable bonds is 2. The fraction of sp³-hybridized carbons (Fsp3) is 0.286. The van der Waals surface area contributed by atoms with Gasteiger partial charge in [0.25, 0.3) is 0 Å². The molecule has 0 saturated carbocycles. The monoisotopic (exact) mass is 285 g/mol. The number of nitriles is 1. The van der Waals surface area contributed by atoms with Crippen LogP contribution in [0.1, 0.15) is 29.6 Å². The Kier molecular flexibility index (Phi) is 3.48. The molecule has 0 radical (unpaired) electrons. The molecule has 0 saturated heterocycles. The quantitative estimate of drug-likeness (QED) is 0.847. The Bertz CT molecular complexity index is 685. The van der Waals surface area contributed by atoms with Gasteiger partial charge in [-0.15, -0.1) is 0 Å². The molecule has 0 bridgehead atoms. The summed E-state index contributed by atoms with van der Waals surface area (Å²) in [6.45, 7) is 0.677. The third-order valence-corrected chi connectivity index (χ3v) is 3.56. The molecule has 1 aliphatic heterocycles. The van der Waals surface area contributed by atoms with E-state index >= 15 is 0 Å². The van der Waals surface area contributed by atoms with Gasteiger partial charge in [0.1, 0.15) is 6.04 Å². The standard InChI is InChI=1S/C14H12ClN5/c15-12-8-18-20(9-12)13-4-5-17-19-14(13)11-3-1-2-10(6-11)7-16/h1-3,6,8-9,13-14H,4-5H2. The van der Waals surface area contributed by atoms with Gasteiger partial charge in [-0.2, -0.15) is 20.6 Å². The Hall–Kier alpha value is -2.19. The number of halogens is 1. The molecule has 0 spiro atoms. The zero-order chi connectivity index (χ0) is 13.9. The van der Waals surface area contributed by atoms with Crippen LogP contribution in [-0.4, -0.2) is 16.3 Å². The third kappa shape index (κ3) is 2.43. The van der Waals surface area contributed by atoms with Gasteiger partial charge in [0, 0.05) is 6.20 Å². The summed E-state index contributed by atoms with van der Waals surface area (Å²) >= 11 is 5.94. The number of benzene rings is 1. The molecule has 6 heteroatoms. The van der Waals surface area contributed by atoms with Crippen LogP contribution in [0.4, 0.5) is 0 Å². The summed E-state index contributed by atoms with van der Waals surface area (Å²) in [5, 5.41) is 22.4. The smallest absolute Gasteiger partial charge is 0.118 e. The summed E-state index contributed by atoms with van der Waals surface area (Å²) in [5.74, 6) is 0. The molecule has 20 heavy (non-hydrogen) atoms. The van der Waals surface area contributed by atoms with Crippen LogP contribution in [0.5, 0.6) is 0 Å². The second-order valence-corrected chi connectivity index (χ2v) is 5.09. The average Bonchev–Trinajstić information content (AvgIpc) is 2.94. The van der Waals surface area contributed by atoms with Crippen molar-refractivity contribution in [1.82, 2.24) is 9.78 Å². The number of nitrogens with zero attached hydrogens (tertiary/aromatic N) is 5. The number of azo groups is 1. The largest absolute Gasteiger partial charge is 0.265 e. The van der Waals surface area contributed by atoms with Crippen LogP contribution in [0.3, 0.4) is 0 Å². The fourth-order valence-corrected chi connectivity index (χ4v) is 2.57. The van der Waals surface area contributed by atoms with Crippen molar-refractivity contribution >= 4 is 11.6 Å². The Labute approximate surface area is 121 Å². The van der Waals surface area contributed by atoms with Crippen LogP contribution in [0.25, 0.3) is 0 Å². The van der Waals surface area contributed by atoms with Crippen molar-refractivity contribution < 1.29 is 0 Å². The number of hydrogen-bond acceptors (Lipinski definition) is 4. The molecule has 3 rings (SSSR count). The van der Waals surface area contributed by atoms with Crippen molar-refractivity contribution in [1.29, 1.82) is 5.26 Å². The van der Waals surface area contributed by atoms with E-state index in [0.29, 0.717) is 17.1 Å². The van der Waals surface area contributed by atoms with Gasteiger partial charge in [-0.3, -0.25) is 4.68 Å². The first-order chi connectivity index (χ1) is 9.78. The SMILES string of the molecule is N#Cc1cccc(C2N=NCCC2n2cc(Cl)cn2)c1. The van der Waals surface area contributed by atoms with Crippen LogP contribution in [0.2, 0.25) is 5.02 Å². The van der Waals surface area contributed by atoms with Crippen molar-refractivity contribution in [2.75, 3.05) is 6.54 Å².